The van der Waals surface area contributed by atoms with E-state index in [2.05, 4.69) is 60.9 Å². The average molecular weight is 681 g/mol. The number of carboxylic acids is 1. The Morgan fingerprint density at radius 3 is 1.96 bits per heavy atom. The highest BCUT2D eigenvalue weighted by Crippen LogP contribution is 2.44. The fourth-order valence-corrected chi connectivity index (χ4v) is 9.83. The van der Waals surface area contributed by atoms with Gasteiger partial charge in [-0.25, -0.2) is 0 Å². The predicted octanol–water partition coefficient (Wildman–Crippen LogP) is 10.3. The number of anilines is 1. The largest absolute Gasteiger partial charge is 0.481 e. The first-order valence-electron chi connectivity index (χ1n) is 17.2. The Labute approximate surface area is 290 Å². The quantitative estimate of drug-likeness (QED) is 0.128. The molecule has 5 aromatic rings. The van der Waals surface area contributed by atoms with Gasteiger partial charge in [-0.3, -0.25) is 14.4 Å². The van der Waals surface area contributed by atoms with Gasteiger partial charge in [0.1, 0.15) is 0 Å². The van der Waals surface area contributed by atoms with Gasteiger partial charge in [-0.2, -0.15) is 0 Å². The van der Waals surface area contributed by atoms with Crippen molar-refractivity contribution in [2.45, 2.75) is 77.7 Å². The van der Waals surface area contributed by atoms with Crippen molar-refractivity contribution in [3.8, 4) is 0 Å². The predicted molar refractivity (Wildman–Crippen MR) is 199 cm³/mol. The van der Waals surface area contributed by atoms with Gasteiger partial charge in [-0.1, -0.05) is 62.1 Å². The number of Topliss-reactive ketones (excluding diaryl/α,β-unsaturated/α-hetero) is 1. The molecule has 1 atom stereocenters. The Morgan fingerprint density at radius 2 is 1.35 bits per heavy atom. The van der Waals surface area contributed by atoms with Crippen LogP contribution in [0.25, 0.3) is 20.2 Å². The van der Waals surface area contributed by atoms with E-state index in [4.69, 9.17) is 5.11 Å². The van der Waals surface area contributed by atoms with Crippen molar-refractivity contribution >= 4 is 66.2 Å². The third-order valence-corrected chi connectivity index (χ3v) is 12.6. The zero-order valence-electron chi connectivity index (χ0n) is 27.7. The zero-order chi connectivity index (χ0) is 33.6. The summed E-state index contributed by atoms with van der Waals surface area (Å²) < 4.78 is 2.57. The molecule has 1 unspecified atom stereocenters. The van der Waals surface area contributed by atoms with Crippen molar-refractivity contribution in [2.24, 2.45) is 11.8 Å². The van der Waals surface area contributed by atoms with E-state index in [1.807, 2.05) is 35.6 Å². The summed E-state index contributed by atoms with van der Waals surface area (Å²) in [4.78, 5) is 37.7. The molecule has 2 aromatic heterocycles. The minimum Gasteiger partial charge on any atom is -0.481 e. The van der Waals surface area contributed by atoms with Crippen LogP contribution in [0, 0.1) is 25.7 Å². The number of carbonyl (C=O) groups is 3. The Balaban J connectivity index is 0.000000198. The highest BCUT2D eigenvalue weighted by Gasteiger charge is 2.30. The molecule has 0 aliphatic heterocycles. The van der Waals surface area contributed by atoms with Gasteiger partial charge in [0.25, 0.3) is 5.91 Å². The van der Waals surface area contributed by atoms with E-state index < -0.39 is 5.97 Å². The zero-order valence-corrected chi connectivity index (χ0v) is 29.4. The van der Waals surface area contributed by atoms with E-state index in [9.17, 15) is 14.4 Å². The highest BCUT2D eigenvalue weighted by atomic mass is 32.1. The maximum atomic E-state index is 12.4. The van der Waals surface area contributed by atoms with Gasteiger partial charge in [0.15, 0.2) is 5.78 Å². The van der Waals surface area contributed by atoms with Crippen molar-refractivity contribution in [3.05, 3.63) is 99.2 Å². The molecular formula is C40H44N2O4S2. The number of carboxylic acid groups (broad SMARTS) is 1. The van der Waals surface area contributed by atoms with Crippen molar-refractivity contribution in [3.63, 3.8) is 0 Å². The van der Waals surface area contributed by atoms with Crippen LogP contribution in [0.4, 0.5) is 5.69 Å². The number of ketones is 1. The average Bonchev–Trinajstić information content (AvgIpc) is 3.93. The standard InChI is InChI=1S/C25H28N2O3S.C15H16OS/c1-16-20-8-4-5-9-21(20)31-24(16)23(17-6-2-3-7-17)27-19-12-10-18(11-13-19)25(30)26-15-14-22(28)29;1-10-12-8-4-5-9-13(12)17-15(10)14(16)11-6-2-3-7-11/h4-5,8-13,17,23,27H,2-3,6-7,14-15H2,1H3,(H,26,30)(H,28,29);4-5,8-9,11H,2-3,6-7H2,1H3. The molecule has 3 N–H and O–H groups in total. The van der Waals surface area contributed by atoms with E-state index in [0.717, 1.165) is 23.4 Å². The van der Waals surface area contributed by atoms with Crippen LogP contribution < -0.4 is 10.6 Å². The minimum atomic E-state index is -0.922. The van der Waals surface area contributed by atoms with Crippen LogP contribution in [-0.2, 0) is 4.79 Å². The Kier molecular flexibility index (Phi) is 10.9. The number of fused-ring (bicyclic) bond motifs is 2. The number of aryl methyl sites for hydroxylation is 2. The van der Waals surface area contributed by atoms with E-state index >= 15 is 0 Å². The van der Waals surface area contributed by atoms with Gasteiger partial charge in [0, 0.05) is 38.0 Å². The molecule has 1 amide bonds. The van der Waals surface area contributed by atoms with Gasteiger partial charge in [-0.15, -0.1) is 22.7 Å². The van der Waals surface area contributed by atoms with Crippen molar-refractivity contribution < 1.29 is 19.5 Å². The summed E-state index contributed by atoms with van der Waals surface area (Å²) in [5, 5.41) is 17.7. The molecule has 6 nitrogen and oxygen atoms in total. The summed E-state index contributed by atoms with van der Waals surface area (Å²) in [5.41, 5.74) is 4.07. The Hall–Kier alpha value is -4.01. The topological polar surface area (TPSA) is 95.5 Å². The van der Waals surface area contributed by atoms with E-state index in [-0.39, 0.29) is 24.9 Å². The van der Waals surface area contributed by atoms with Crippen LogP contribution in [0.3, 0.4) is 0 Å². The van der Waals surface area contributed by atoms with Crippen LogP contribution in [0.1, 0.15) is 99.9 Å². The number of aliphatic carboxylic acids is 1. The molecule has 3 aromatic carbocycles. The molecule has 2 aliphatic rings. The lowest BCUT2D eigenvalue weighted by Gasteiger charge is -2.26. The normalized spacial score (nSPS) is 15.7. The molecule has 0 spiro atoms. The number of benzene rings is 3. The summed E-state index contributed by atoms with van der Waals surface area (Å²) in [5.74, 6) is 0.114. The van der Waals surface area contributed by atoms with Gasteiger partial charge in [0.05, 0.1) is 17.3 Å². The van der Waals surface area contributed by atoms with Gasteiger partial charge in [0.2, 0.25) is 0 Å². The SMILES string of the molecule is Cc1c(C(=O)C2CCCC2)sc2ccccc12.Cc1c(C(Nc2ccc(C(=O)NCCC(=O)O)cc2)C2CCCC2)sc2ccccc12. The number of nitrogens with one attached hydrogen (secondary N) is 2. The number of rotatable bonds is 10. The van der Waals surface area contributed by atoms with Crippen LogP contribution in [-0.4, -0.2) is 29.3 Å². The van der Waals surface area contributed by atoms with Crippen LogP contribution in [0.2, 0.25) is 0 Å². The molecular weight excluding hydrogens is 637 g/mol. The molecule has 250 valence electrons. The number of thiophene rings is 2. The molecule has 0 saturated heterocycles. The lowest BCUT2D eigenvalue weighted by molar-refractivity contribution is -0.136. The minimum absolute atomic E-state index is 0.0804. The van der Waals surface area contributed by atoms with Crippen LogP contribution >= 0.6 is 22.7 Å². The molecule has 0 bridgehead atoms. The summed E-state index contributed by atoms with van der Waals surface area (Å²) in [6.45, 7) is 4.44. The second-order valence-electron chi connectivity index (χ2n) is 13.1. The lowest BCUT2D eigenvalue weighted by Crippen LogP contribution is -2.26. The first-order valence-corrected chi connectivity index (χ1v) is 18.8. The van der Waals surface area contributed by atoms with E-state index in [0.29, 0.717) is 23.2 Å². The number of carbonyl (C=O) groups excluding carboxylic acids is 2. The third kappa shape index (κ3) is 7.66. The molecule has 2 aliphatic carbocycles. The number of hydrogen-bond acceptors (Lipinski definition) is 6. The Bertz CT molecular complexity index is 1900. The Morgan fingerprint density at radius 1 is 0.771 bits per heavy atom. The molecule has 7 rings (SSSR count). The molecule has 2 saturated carbocycles. The third-order valence-electron chi connectivity index (χ3n) is 9.92. The maximum absolute atomic E-state index is 12.4. The first kappa shape index (κ1) is 33.9. The fourth-order valence-electron chi connectivity index (χ4n) is 7.24. The summed E-state index contributed by atoms with van der Waals surface area (Å²) in [6, 6.07) is 24.6. The lowest BCUT2D eigenvalue weighted by atomic mass is 9.94. The smallest absolute Gasteiger partial charge is 0.305 e. The highest BCUT2D eigenvalue weighted by molar-refractivity contribution is 7.21. The van der Waals surface area contributed by atoms with Gasteiger partial charge >= 0.3 is 5.97 Å². The maximum Gasteiger partial charge on any atom is 0.305 e. The monoisotopic (exact) mass is 680 g/mol. The van der Waals surface area contributed by atoms with Crippen LogP contribution in [0.15, 0.2) is 72.8 Å². The number of hydrogen-bond donors (Lipinski definition) is 3. The van der Waals surface area contributed by atoms with E-state index in [1.165, 1.54) is 74.7 Å². The first-order chi connectivity index (χ1) is 23.3. The van der Waals surface area contributed by atoms with Gasteiger partial charge in [-0.05, 0) is 104 Å². The fraction of sp³-hybridized carbons (Fsp3) is 0.375. The molecule has 2 fully saturated rings. The summed E-state index contributed by atoms with van der Waals surface area (Å²) >= 11 is 3.55. The number of amides is 1. The molecule has 48 heavy (non-hydrogen) atoms. The van der Waals surface area contributed by atoms with E-state index in [1.54, 1.807) is 23.5 Å². The van der Waals surface area contributed by atoms with Crippen molar-refractivity contribution in [1.82, 2.24) is 5.32 Å². The van der Waals surface area contributed by atoms with Crippen molar-refractivity contribution in [1.29, 1.82) is 0 Å². The molecule has 2 heterocycles. The molecule has 8 heteroatoms. The second-order valence-corrected chi connectivity index (χ2v) is 15.3. The summed E-state index contributed by atoms with van der Waals surface area (Å²) in [6.07, 6.45) is 9.57. The second kappa shape index (κ2) is 15.5. The summed E-state index contributed by atoms with van der Waals surface area (Å²) in [7, 11) is 0. The van der Waals surface area contributed by atoms with Gasteiger partial charge < -0.3 is 15.7 Å². The molecule has 0 radical (unpaired) electrons. The van der Waals surface area contributed by atoms with Crippen LogP contribution in [0.5, 0.6) is 0 Å². The van der Waals surface area contributed by atoms with Crippen molar-refractivity contribution in [2.75, 3.05) is 11.9 Å².